The second kappa shape index (κ2) is 2.14. The molecule has 0 saturated heterocycles. The Morgan fingerprint density at radius 3 is 2.86 bits per heavy atom. The molecule has 0 aromatic heterocycles. The van der Waals surface area contributed by atoms with Crippen molar-refractivity contribution in [3.63, 3.8) is 0 Å². The first-order valence-corrected chi connectivity index (χ1v) is 2.36. The van der Waals surface area contributed by atoms with Crippen LogP contribution >= 0.6 is 0 Å². The molecule has 0 amide bonds. The summed E-state index contributed by atoms with van der Waals surface area (Å²) < 4.78 is 4.75. The Hall–Kier alpha value is -0.275. The largest absolute Gasteiger partial charge is 0.483 e. The minimum atomic E-state index is -0.645. The summed E-state index contributed by atoms with van der Waals surface area (Å²) in [6.07, 6.45) is 2.84. The van der Waals surface area contributed by atoms with Crippen LogP contribution < -0.4 is 0 Å². The summed E-state index contributed by atoms with van der Waals surface area (Å²) in [6.45, 7) is 0.650. The SMILES string of the molecule is OB1C=CCCO1. The van der Waals surface area contributed by atoms with Crippen LogP contribution in [-0.2, 0) is 4.65 Å². The van der Waals surface area contributed by atoms with Crippen molar-refractivity contribution in [2.45, 2.75) is 6.42 Å². The normalized spacial score (nSPS) is 20.4. The number of rotatable bonds is 0. The van der Waals surface area contributed by atoms with Gasteiger partial charge in [0.2, 0.25) is 0 Å². The molecule has 0 aromatic carbocycles. The van der Waals surface area contributed by atoms with E-state index in [1.54, 1.807) is 5.98 Å². The Bertz CT molecular complexity index is 81.8. The van der Waals surface area contributed by atoms with Crippen molar-refractivity contribution in [2.24, 2.45) is 0 Å². The van der Waals surface area contributed by atoms with E-state index in [2.05, 4.69) is 0 Å². The van der Waals surface area contributed by atoms with Crippen LogP contribution in [0.15, 0.2) is 12.1 Å². The molecule has 0 radical (unpaired) electrons. The Labute approximate surface area is 42.9 Å². The fraction of sp³-hybridized carbons (Fsp3) is 0.500. The monoisotopic (exact) mass is 98.1 g/mol. The molecular formula is C4H7BO2. The topological polar surface area (TPSA) is 29.5 Å². The Morgan fingerprint density at radius 1 is 1.71 bits per heavy atom. The van der Waals surface area contributed by atoms with Crippen LogP contribution in [0.25, 0.3) is 0 Å². The molecule has 1 heterocycles. The van der Waals surface area contributed by atoms with Crippen LogP contribution in [0.3, 0.4) is 0 Å². The standard InChI is InChI=1S/C4H7BO2/c6-5-3-1-2-4-7-5/h1,3,6H,2,4H2. The predicted octanol–water partition coefficient (Wildman–Crippen LogP) is -0.0174. The molecule has 1 aliphatic heterocycles. The van der Waals surface area contributed by atoms with Crippen LogP contribution in [0, 0.1) is 0 Å². The lowest BCUT2D eigenvalue weighted by Gasteiger charge is -2.05. The van der Waals surface area contributed by atoms with Gasteiger partial charge in [0.05, 0.1) is 0 Å². The van der Waals surface area contributed by atoms with Crippen molar-refractivity contribution in [3.8, 4) is 0 Å². The van der Waals surface area contributed by atoms with Gasteiger partial charge in [-0.15, -0.1) is 0 Å². The highest BCUT2D eigenvalue weighted by atomic mass is 16.5. The van der Waals surface area contributed by atoms with Gasteiger partial charge in [0.25, 0.3) is 0 Å². The van der Waals surface area contributed by atoms with E-state index >= 15 is 0 Å². The van der Waals surface area contributed by atoms with Gasteiger partial charge in [0, 0.05) is 6.61 Å². The first-order chi connectivity index (χ1) is 3.39. The summed E-state index contributed by atoms with van der Waals surface area (Å²) in [6, 6.07) is 0. The highest BCUT2D eigenvalue weighted by molar-refractivity contribution is 6.49. The highest BCUT2D eigenvalue weighted by Gasteiger charge is 2.09. The maximum absolute atomic E-state index is 8.60. The van der Waals surface area contributed by atoms with Crippen molar-refractivity contribution in [1.82, 2.24) is 0 Å². The second-order valence-electron chi connectivity index (χ2n) is 1.48. The van der Waals surface area contributed by atoms with Gasteiger partial charge in [0.1, 0.15) is 0 Å². The lowest BCUT2D eigenvalue weighted by molar-refractivity contribution is 0.268. The summed E-state index contributed by atoms with van der Waals surface area (Å²) in [5.41, 5.74) is 0. The summed E-state index contributed by atoms with van der Waals surface area (Å²) in [5, 5.41) is 8.60. The van der Waals surface area contributed by atoms with E-state index in [4.69, 9.17) is 9.68 Å². The molecule has 1 rings (SSSR count). The Kier molecular flexibility index (Phi) is 1.49. The zero-order valence-corrected chi connectivity index (χ0v) is 4.00. The molecule has 0 saturated carbocycles. The maximum Gasteiger partial charge on any atom is 0.483 e. The minimum absolute atomic E-state index is 0.645. The fourth-order valence-corrected chi connectivity index (χ4v) is 0.525. The smallest absolute Gasteiger partial charge is 0.423 e. The summed E-state index contributed by atoms with van der Waals surface area (Å²) in [4.78, 5) is 0. The third-order valence-electron chi connectivity index (χ3n) is 0.874. The zero-order chi connectivity index (χ0) is 5.11. The van der Waals surface area contributed by atoms with Crippen molar-refractivity contribution in [3.05, 3.63) is 12.1 Å². The summed E-state index contributed by atoms with van der Waals surface area (Å²) >= 11 is 0. The molecule has 7 heavy (non-hydrogen) atoms. The molecule has 3 heteroatoms. The average molecular weight is 97.9 g/mol. The minimum Gasteiger partial charge on any atom is -0.423 e. The van der Waals surface area contributed by atoms with E-state index in [0.29, 0.717) is 6.61 Å². The maximum atomic E-state index is 8.60. The van der Waals surface area contributed by atoms with Gasteiger partial charge in [-0.3, -0.25) is 0 Å². The summed E-state index contributed by atoms with van der Waals surface area (Å²) in [7, 11) is -0.645. The molecule has 1 N–H and O–H groups in total. The Morgan fingerprint density at radius 2 is 2.57 bits per heavy atom. The predicted molar refractivity (Wildman–Crippen MR) is 27.7 cm³/mol. The first-order valence-electron chi connectivity index (χ1n) is 2.36. The van der Waals surface area contributed by atoms with Crippen LogP contribution in [-0.4, -0.2) is 18.7 Å². The van der Waals surface area contributed by atoms with E-state index in [0.717, 1.165) is 6.42 Å². The first kappa shape index (κ1) is 4.87. The zero-order valence-electron chi connectivity index (χ0n) is 4.00. The van der Waals surface area contributed by atoms with Gasteiger partial charge in [-0.05, 0) is 6.42 Å². The van der Waals surface area contributed by atoms with E-state index in [1.807, 2.05) is 6.08 Å². The summed E-state index contributed by atoms with van der Waals surface area (Å²) in [5.74, 6) is 1.64. The lowest BCUT2D eigenvalue weighted by atomic mass is 9.88. The molecule has 0 unspecified atom stereocenters. The Balaban J connectivity index is 2.36. The molecule has 1 aliphatic rings. The van der Waals surface area contributed by atoms with Crippen LogP contribution in [0.5, 0.6) is 0 Å². The third-order valence-corrected chi connectivity index (χ3v) is 0.874. The van der Waals surface area contributed by atoms with Gasteiger partial charge < -0.3 is 9.68 Å². The molecule has 2 nitrogen and oxygen atoms in total. The molecule has 0 atom stereocenters. The van der Waals surface area contributed by atoms with Crippen molar-refractivity contribution >= 4 is 7.12 Å². The molecule has 38 valence electrons. The van der Waals surface area contributed by atoms with Gasteiger partial charge in [0.15, 0.2) is 0 Å². The van der Waals surface area contributed by atoms with Crippen molar-refractivity contribution in [1.29, 1.82) is 0 Å². The van der Waals surface area contributed by atoms with Gasteiger partial charge in [-0.25, -0.2) is 0 Å². The van der Waals surface area contributed by atoms with Crippen molar-refractivity contribution in [2.75, 3.05) is 6.61 Å². The van der Waals surface area contributed by atoms with Gasteiger partial charge in [-0.1, -0.05) is 12.1 Å². The highest BCUT2D eigenvalue weighted by Crippen LogP contribution is 1.95. The number of hydrogen-bond acceptors (Lipinski definition) is 2. The lowest BCUT2D eigenvalue weighted by Crippen LogP contribution is -2.18. The van der Waals surface area contributed by atoms with Crippen LogP contribution in [0.1, 0.15) is 6.42 Å². The molecule has 0 aliphatic carbocycles. The van der Waals surface area contributed by atoms with E-state index in [-0.39, 0.29) is 0 Å². The quantitative estimate of drug-likeness (QED) is 0.431. The number of hydrogen-bond donors (Lipinski definition) is 1. The molecule has 0 aromatic rings. The van der Waals surface area contributed by atoms with E-state index < -0.39 is 7.12 Å². The second-order valence-corrected chi connectivity index (χ2v) is 1.48. The van der Waals surface area contributed by atoms with E-state index in [1.165, 1.54) is 0 Å². The molecule has 0 bridgehead atoms. The fourth-order valence-electron chi connectivity index (χ4n) is 0.525. The third kappa shape index (κ3) is 1.33. The van der Waals surface area contributed by atoms with Crippen LogP contribution in [0.4, 0.5) is 0 Å². The van der Waals surface area contributed by atoms with E-state index in [9.17, 15) is 0 Å². The molecule has 0 spiro atoms. The van der Waals surface area contributed by atoms with Crippen LogP contribution in [0.2, 0.25) is 0 Å². The van der Waals surface area contributed by atoms with Gasteiger partial charge >= 0.3 is 7.12 Å². The van der Waals surface area contributed by atoms with Crippen molar-refractivity contribution < 1.29 is 9.68 Å². The molecule has 0 fully saturated rings. The average Bonchev–Trinajstić information content (AvgIpc) is 1.69. The van der Waals surface area contributed by atoms with Gasteiger partial charge in [-0.2, -0.15) is 0 Å². The molecular weight excluding hydrogens is 90.9 g/mol.